The van der Waals surface area contributed by atoms with Gasteiger partial charge in [-0.1, -0.05) is 140 Å². The zero-order chi connectivity index (χ0) is 37.0. The lowest BCUT2D eigenvalue weighted by molar-refractivity contribution is 1.18. The largest absolute Gasteiger partial charge is 0.228 e. The van der Waals surface area contributed by atoms with E-state index >= 15 is 0 Å². The third-order valence-corrected chi connectivity index (χ3v) is 13.0. The van der Waals surface area contributed by atoms with Gasteiger partial charge in [0.25, 0.3) is 0 Å². The Balaban J connectivity index is 1.12. The van der Waals surface area contributed by atoms with Gasteiger partial charge >= 0.3 is 0 Å². The van der Waals surface area contributed by atoms with E-state index in [4.69, 9.17) is 9.97 Å². The topological polar surface area (TPSA) is 25.8 Å². The van der Waals surface area contributed by atoms with Crippen molar-refractivity contribution in [2.24, 2.45) is 0 Å². The Hall–Kier alpha value is -6.72. The number of thiophene rings is 2. The summed E-state index contributed by atoms with van der Waals surface area (Å²) >= 11 is 3.70. The standard InChI is InChI=1S/C52H32N2S2/c1-3-14-33(15-4-1)37-29-38(41-23-13-27-49-51(41)43-21-8-10-25-47(43)56-49)31-39(30-37)45-32-44(53-52(54-45)34-16-5-2-6-17-34)36-19-11-18-35(28-36)40-22-12-26-48-50(40)42-20-7-9-24-46(42)55-48/h1-32H. The Labute approximate surface area is 332 Å². The Morgan fingerprint density at radius 2 is 0.732 bits per heavy atom. The first-order chi connectivity index (χ1) is 27.7. The van der Waals surface area contributed by atoms with E-state index in [-0.39, 0.29) is 0 Å². The lowest BCUT2D eigenvalue weighted by Gasteiger charge is -2.14. The molecular weight excluding hydrogens is 717 g/mol. The number of aromatic nitrogens is 2. The van der Waals surface area contributed by atoms with Crippen molar-refractivity contribution in [3.63, 3.8) is 0 Å². The monoisotopic (exact) mass is 748 g/mol. The van der Waals surface area contributed by atoms with Crippen LogP contribution in [-0.2, 0) is 0 Å². The Kier molecular flexibility index (Phi) is 7.90. The zero-order valence-electron chi connectivity index (χ0n) is 30.2. The van der Waals surface area contributed by atoms with E-state index in [1.165, 1.54) is 62.6 Å². The van der Waals surface area contributed by atoms with E-state index in [1.807, 2.05) is 28.7 Å². The molecule has 0 amide bonds. The van der Waals surface area contributed by atoms with Gasteiger partial charge in [0.15, 0.2) is 5.82 Å². The van der Waals surface area contributed by atoms with Gasteiger partial charge in [-0.2, -0.15) is 0 Å². The maximum atomic E-state index is 5.31. The Morgan fingerprint density at radius 3 is 1.39 bits per heavy atom. The molecule has 0 fully saturated rings. The molecule has 0 aliphatic heterocycles. The van der Waals surface area contributed by atoms with Crippen LogP contribution >= 0.6 is 22.7 Å². The van der Waals surface area contributed by atoms with Gasteiger partial charge in [0.1, 0.15) is 0 Å². The molecular formula is C52H32N2S2. The number of benzene rings is 8. The van der Waals surface area contributed by atoms with Gasteiger partial charge in [0, 0.05) is 57.0 Å². The summed E-state index contributed by atoms with van der Waals surface area (Å²) in [6.07, 6.45) is 0. The van der Waals surface area contributed by atoms with Crippen molar-refractivity contribution in [2.75, 3.05) is 0 Å². The molecule has 0 N–H and O–H groups in total. The van der Waals surface area contributed by atoms with E-state index in [2.05, 4.69) is 188 Å². The van der Waals surface area contributed by atoms with Gasteiger partial charge in [0.2, 0.25) is 0 Å². The van der Waals surface area contributed by atoms with Crippen molar-refractivity contribution >= 4 is 63.0 Å². The Bertz CT molecular complexity index is 3250. The van der Waals surface area contributed by atoms with E-state index in [1.54, 1.807) is 0 Å². The van der Waals surface area contributed by atoms with E-state index in [0.717, 1.165) is 39.2 Å². The minimum Gasteiger partial charge on any atom is -0.228 e. The van der Waals surface area contributed by atoms with Crippen molar-refractivity contribution in [3.05, 3.63) is 194 Å². The molecule has 0 unspecified atom stereocenters. The third-order valence-electron chi connectivity index (χ3n) is 10.7. The van der Waals surface area contributed by atoms with E-state index in [9.17, 15) is 0 Å². The first-order valence-electron chi connectivity index (χ1n) is 18.8. The molecule has 0 saturated carbocycles. The quantitative estimate of drug-likeness (QED) is 0.169. The van der Waals surface area contributed by atoms with Gasteiger partial charge in [0.05, 0.1) is 11.4 Å². The molecule has 11 aromatic rings. The summed E-state index contributed by atoms with van der Waals surface area (Å²) in [5.41, 5.74) is 11.9. The van der Waals surface area contributed by atoms with Crippen LogP contribution in [0.2, 0.25) is 0 Å². The van der Waals surface area contributed by atoms with Crippen molar-refractivity contribution < 1.29 is 0 Å². The van der Waals surface area contributed by atoms with Gasteiger partial charge < -0.3 is 0 Å². The summed E-state index contributed by atoms with van der Waals surface area (Å²) in [6, 6.07) is 69.7. The van der Waals surface area contributed by atoms with Crippen LogP contribution in [0.3, 0.4) is 0 Å². The molecule has 0 bridgehead atoms. The fourth-order valence-electron chi connectivity index (χ4n) is 8.06. The summed E-state index contributed by atoms with van der Waals surface area (Å²) in [6.45, 7) is 0. The van der Waals surface area contributed by atoms with Crippen LogP contribution in [-0.4, -0.2) is 9.97 Å². The predicted octanol–water partition coefficient (Wildman–Crippen LogP) is 15.2. The maximum Gasteiger partial charge on any atom is 0.160 e. The van der Waals surface area contributed by atoms with Gasteiger partial charge in [-0.15, -0.1) is 22.7 Å². The lowest BCUT2D eigenvalue weighted by atomic mass is 9.92. The first-order valence-corrected chi connectivity index (χ1v) is 20.4. The summed E-state index contributed by atoms with van der Waals surface area (Å²) in [5, 5.41) is 5.18. The number of hydrogen-bond donors (Lipinski definition) is 0. The molecule has 0 aliphatic carbocycles. The number of nitrogens with zero attached hydrogens (tertiary/aromatic N) is 2. The normalized spacial score (nSPS) is 11.6. The number of hydrogen-bond acceptors (Lipinski definition) is 4. The summed E-state index contributed by atoms with van der Waals surface area (Å²) in [4.78, 5) is 10.6. The average Bonchev–Trinajstić information content (AvgIpc) is 3.86. The summed E-state index contributed by atoms with van der Waals surface area (Å²) in [5.74, 6) is 0.701. The molecule has 3 aromatic heterocycles. The Morgan fingerprint density at radius 1 is 0.286 bits per heavy atom. The smallest absolute Gasteiger partial charge is 0.160 e. The highest BCUT2D eigenvalue weighted by Crippen LogP contribution is 2.43. The molecule has 4 heteroatoms. The minimum atomic E-state index is 0.701. The highest BCUT2D eigenvalue weighted by Gasteiger charge is 2.17. The molecule has 2 nitrogen and oxygen atoms in total. The van der Waals surface area contributed by atoms with Gasteiger partial charge in [-0.3, -0.25) is 0 Å². The van der Waals surface area contributed by atoms with Crippen LogP contribution in [0.15, 0.2) is 194 Å². The van der Waals surface area contributed by atoms with Crippen molar-refractivity contribution in [3.8, 4) is 67.3 Å². The van der Waals surface area contributed by atoms with Gasteiger partial charge in [-0.05, 0) is 88.0 Å². The molecule has 0 aliphatic rings. The summed E-state index contributed by atoms with van der Waals surface area (Å²) in [7, 11) is 0. The van der Waals surface area contributed by atoms with Gasteiger partial charge in [-0.25, -0.2) is 9.97 Å². The number of fused-ring (bicyclic) bond motifs is 6. The van der Waals surface area contributed by atoms with Crippen LogP contribution < -0.4 is 0 Å². The van der Waals surface area contributed by atoms with Crippen LogP contribution in [0.1, 0.15) is 0 Å². The molecule has 262 valence electrons. The average molecular weight is 749 g/mol. The first kappa shape index (κ1) is 32.7. The molecule has 56 heavy (non-hydrogen) atoms. The SMILES string of the molecule is c1ccc(-c2cc(-c3cc(-c4cccc(-c5cccc6sc7ccccc7c56)c4)nc(-c4ccccc4)n3)cc(-c3cccc4sc5ccccc5c34)c2)cc1. The third kappa shape index (κ3) is 5.70. The highest BCUT2D eigenvalue weighted by atomic mass is 32.1. The second-order valence-electron chi connectivity index (χ2n) is 14.1. The number of rotatable bonds is 6. The molecule has 0 radical (unpaired) electrons. The highest BCUT2D eigenvalue weighted by molar-refractivity contribution is 7.26. The van der Waals surface area contributed by atoms with Crippen LogP contribution in [0, 0.1) is 0 Å². The summed E-state index contributed by atoms with van der Waals surface area (Å²) < 4.78 is 5.19. The minimum absolute atomic E-state index is 0.701. The second-order valence-corrected chi connectivity index (χ2v) is 16.3. The van der Waals surface area contributed by atoms with E-state index < -0.39 is 0 Å². The van der Waals surface area contributed by atoms with Crippen molar-refractivity contribution in [1.82, 2.24) is 9.97 Å². The maximum absolute atomic E-state index is 5.31. The van der Waals surface area contributed by atoms with Crippen LogP contribution in [0.25, 0.3) is 108 Å². The van der Waals surface area contributed by atoms with E-state index in [0.29, 0.717) is 5.82 Å². The second kappa shape index (κ2) is 13.5. The molecule has 0 spiro atoms. The zero-order valence-corrected chi connectivity index (χ0v) is 31.8. The fourth-order valence-corrected chi connectivity index (χ4v) is 10.3. The van der Waals surface area contributed by atoms with Crippen molar-refractivity contribution in [2.45, 2.75) is 0 Å². The van der Waals surface area contributed by atoms with Crippen LogP contribution in [0.4, 0.5) is 0 Å². The molecule has 3 heterocycles. The van der Waals surface area contributed by atoms with Crippen LogP contribution in [0.5, 0.6) is 0 Å². The molecule has 11 rings (SSSR count). The molecule has 8 aromatic carbocycles. The predicted molar refractivity (Wildman–Crippen MR) is 240 cm³/mol. The van der Waals surface area contributed by atoms with Crippen molar-refractivity contribution in [1.29, 1.82) is 0 Å². The molecule has 0 atom stereocenters. The lowest BCUT2D eigenvalue weighted by Crippen LogP contribution is -1.97. The molecule has 0 saturated heterocycles. The fraction of sp³-hybridized carbons (Fsp3) is 0.